The Kier molecular flexibility index (Phi) is 6.57. The molecular formula is C20H29FN2O2. The highest BCUT2D eigenvalue weighted by Crippen LogP contribution is 2.20. The van der Waals surface area contributed by atoms with Crippen molar-refractivity contribution in [2.24, 2.45) is 5.41 Å². The van der Waals surface area contributed by atoms with Crippen molar-refractivity contribution in [1.29, 1.82) is 0 Å². The minimum Gasteiger partial charge on any atom is -0.341 e. The highest BCUT2D eigenvalue weighted by atomic mass is 19.1. The van der Waals surface area contributed by atoms with Gasteiger partial charge in [-0.3, -0.25) is 9.59 Å². The van der Waals surface area contributed by atoms with E-state index in [1.165, 1.54) is 12.1 Å². The molecule has 1 aliphatic rings. The topological polar surface area (TPSA) is 40.6 Å². The van der Waals surface area contributed by atoms with Gasteiger partial charge in [0.1, 0.15) is 5.82 Å². The average molecular weight is 348 g/mol. The fourth-order valence-corrected chi connectivity index (χ4v) is 3.08. The van der Waals surface area contributed by atoms with E-state index in [0.717, 1.165) is 12.0 Å². The predicted molar refractivity (Wildman–Crippen MR) is 96.6 cm³/mol. The number of halogens is 1. The van der Waals surface area contributed by atoms with Crippen LogP contribution in [0.1, 0.15) is 45.6 Å². The molecule has 1 heterocycles. The Morgan fingerprint density at radius 2 is 1.68 bits per heavy atom. The molecule has 5 heteroatoms. The molecule has 0 saturated carbocycles. The van der Waals surface area contributed by atoms with Crippen molar-refractivity contribution < 1.29 is 14.0 Å². The third-order valence-corrected chi connectivity index (χ3v) is 4.40. The largest absolute Gasteiger partial charge is 0.341 e. The van der Waals surface area contributed by atoms with Crippen LogP contribution in [0.4, 0.5) is 4.39 Å². The zero-order chi connectivity index (χ0) is 18.4. The summed E-state index contributed by atoms with van der Waals surface area (Å²) in [5, 5.41) is 0. The highest BCUT2D eigenvalue weighted by Gasteiger charge is 2.24. The normalized spacial score (nSPS) is 15.8. The number of carbonyl (C=O) groups is 2. The number of aryl methyl sites for hydroxylation is 1. The number of benzene rings is 1. The number of hydrogen-bond acceptors (Lipinski definition) is 2. The maximum absolute atomic E-state index is 13.2. The molecule has 2 rings (SSSR count). The summed E-state index contributed by atoms with van der Waals surface area (Å²) in [4.78, 5) is 28.5. The molecule has 1 aliphatic heterocycles. The highest BCUT2D eigenvalue weighted by molar-refractivity contribution is 5.78. The standard InChI is InChI=1S/C20H29FN2O2/c1-20(2,3)15-19(25)23-11-5-10-22(12-13-23)18(24)9-8-16-6-4-7-17(21)14-16/h4,6-7,14H,5,8-13,15H2,1-3H3. The number of amides is 2. The van der Waals surface area contributed by atoms with E-state index in [-0.39, 0.29) is 23.0 Å². The molecule has 1 fully saturated rings. The Morgan fingerprint density at radius 3 is 2.28 bits per heavy atom. The Balaban J connectivity index is 1.83. The molecule has 1 saturated heterocycles. The van der Waals surface area contributed by atoms with E-state index in [2.05, 4.69) is 20.8 Å². The van der Waals surface area contributed by atoms with Crippen LogP contribution in [0, 0.1) is 11.2 Å². The fraction of sp³-hybridized carbons (Fsp3) is 0.600. The van der Waals surface area contributed by atoms with Crippen LogP contribution in [0.15, 0.2) is 24.3 Å². The van der Waals surface area contributed by atoms with Gasteiger partial charge in [-0.1, -0.05) is 32.9 Å². The Labute approximate surface area is 150 Å². The molecule has 25 heavy (non-hydrogen) atoms. The van der Waals surface area contributed by atoms with Crippen LogP contribution in [0.25, 0.3) is 0 Å². The third-order valence-electron chi connectivity index (χ3n) is 4.40. The lowest BCUT2D eigenvalue weighted by Crippen LogP contribution is -2.38. The van der Waals surface area contributed by atoms with Gasteiger partial charge in [-0.15, -0.1) is 0 Å². The second-order valence-corrected chi connectivity index (χ2v) is 7.98. The molecular weight excluding hydrogens is 319 g/mol. The molecule has 0 N–H and O–H groups in total. The second-order valence-electron chi connectivity index (χ2n) is 7.98. The maximum Gasteiger partial charge on any atom is 0.223 e. The van der Waals surface area contributed by atoms with Crippen molar-refractivity contribution in [3.05, 3.63) is 35.6 Å². The van der Waals surface area contributed by atoms with Gasteiger partial charge in [0.2, 0.25) is 11.8 Å². The first kappa shape index (κ1) is 19.4. The molecule has 0 aliphatic carbocycles. The summed E-state index contributed by atoms with van der Waals surface area (Å²) >= 11 is 0. The van der Waals surface area contributed by atoms with Crippen LogP contribution in [0.3, 0.4) is 0 Å². The molecule has 1 aromatic carbocycles. The van der Waals surface area contributed by atoms with Gasteiger partial charge in [-0.2, -0.15) is 0 Å². The van der Waals surface area contributed by atoms with Crippen molar-refractivity contribution in [3.63, 3.8) is 0 Å². The van der Waals surface area contributed by atoms with Crippen LogP contribution in [-0.2, 0) is 16.0 Å². The first-order valence-corrected chi connectivity index (χ1v) is 9.04. The van der Waals surface area contributed by atoms with Gasteiger partial charge < -0.3 is 9.80 Å². The van der Waals surface area contributed by atoms with Gasteiger partial charge in [-0.05, 0) is 36.0 Å². The summed E-state index contributed by atoms with van der Waals surface area (Å²) in [6, 6.07) is 6.39. The van der Waals surface area contributed by atoms with Crippen molar-refractivity contribution >= 4 is 11.8 Å². The van der Waals surface area contributed by atoms with E-state index in [4.69, 9.17) is 0 Å². The summed E-state index contributed by atoms with van der Waals surface area (Å²) < 4.78 is 13.2. The molecule has 0 radical (unpaired) electrons. The average Bonchev–Trinajstić information content (AvgIpc) is 2.77. The molecule has 0 spiro atoms. The molecule has 1 aromatic rings. The smallest absolute Gasteiger partial charge is 0.223 e. The third kappa shape index (κ3) is 6.48. The maximum atomic E-state index is 13.2. The molecule has 138 valence electrons. The van der Waals surface area contributed by atoms with Gasteiger partial charge in [0, 0.05) is 39.0 Å². The Hall–Kier alpha value is -1.91. The van der Waals surface area contributed by atoms with E-state index in [9.17, 15) is 14.0 Å². The quantitative estimate of drug-likeness (QED) is 0.838. The number of hydrogen-bond donors (Lipinski definition) is 0. The minimum absolute atomic E-state index is 0.0240. The predicted octanol–water partition coefficient (Wildman–Crippen LogP) is 3.26. The first-order valence-electron chi connectivity index (χ1n) is 9.04. The van der Waals surface area contributed by atoms with Gasteiger partial charge in [0.15, 0.2) is 0 Å². The Bertz CT molecular complexity index is 610. The first-order chi connectivity index (χ1) is 11.7. The lowest BCUT2D eigenvalue weighted by atomic mass is 9.91. The van der Waals surface area contributed by atoms with Crippen molar-refractivity contribution in [1.82, 2.24) is 9.80 Å². The molecule has 0 aromatic heterocycles. The Morgan fingerprint density at radius 1 is 1.04 bits per heavy atom. The van der Waals surface area contributed by atoms with Crippen LogP contribution >= 0.6 is 0 Å². The molecule has 0 unspecified atom stereocenters. The minimum atomic E-state index is -0.271. The SMILES string of the molecule is CC(C)(C)CC(=O)N1CCCN(C(=O)CCc2cccc(F)c2)CC1. The summed E-state index contributed by atoms with van der Waals surface area (Å²) in [6.07, 6.45) is 2.25. The van der Waals surface area contributed by atoms with Gasteiger partial charge in [-0.25, -0.2) is 4.39 Å². The van der Waals surface area contributed by atoms with E-state index in [0.29, 0.717) is 45.4 Å². The molecule has 2 amide bonds. The van der Waals surface area contributed by atoms with Crippen molar-refractivity contribution in [2.45, 2.75) is 46.5 Å². The van der Waals surface area contributed by atoms with E-state index in [1.54, 1.807) is 6.07 Å². The summed E-state index contributed by atoms with van der Waals surface area (Å²) in [5.74, 6) is -0.0244. The van der Waals surface area contributed by atoms with Crippen LogP contribution in [0.2, 0.25) is 0 Å². The van der Waals surface area contributed by atoms with Crippen LogP contribution in [-0.4, -0.2) is 47.8 Å². The summed E-state index contributed by atoms with van der Waals surface area (Å²) in [7, 11) is 0. The fourth-order valence-electron chi connectivity index (χ4n) is 3.08. The summed E-state index contributed by atoms with van der Waals surface area (Å²) in [6.45, 7) is 8.75. The molecule has 4 nitrogen and oxygen atoms in total. The van der Waals surface area contributed by atoms with Gasteiger partial charge in [0.25, 0.3) is 0 Å². The second kappa shape index (κ2) is 8.45. The molecule has 0 atom stereocenters. The van der Waals surface area contributed by atoms with Crippen LogP contribution < -0.4 is 0 Å². The number of nitrogens with zero attached hydrogens (tertiary/aromatic N) is 2. The van der Waals surface area contributed by atoms with Crippen molar-refractivity contribution in [2.75, 3.05) is 26.2 Å². The summed E-state index contributed by atoms with van der Waals surface area (Å²) in [5.41, 5.74) is 0.814. The zero-order valence-corrected chi connectivity index (χ0v) is 15.6. The monoisotopic (exact) mass is 348 g/mol. The lowest BCUT2D eigenvalue weighted by Gasteiger charge is -2.25. The lowest BCUT2D eigenvalue weighted by molar-refractivity contribution is -0.134. The molecule has 0 bridgehead atoms. The van der Waals surface area contributed by atoms with Crippen LogP contribution in [0.5, 0.6) is 0 Å². The number of carbonyl (C=O) groups excluding carboxylic acids is 2. The van der Waals surface area contributed by atoms with Crippen molar-refractivity contribution in [3.8, 4) is 0 Å². The van der Waals surface area contributed by atoms with Gasteiger partial charge in [0.05, 0.1) is 0 Å². The zero-order valence-electron chi connectivity index (χ0n) is 15.6. The van der Waals surface area contributed by atoms with E-state index < -0.39 is 0 Å². The van der Waals surface area contributed by atoms with Gasteiger partial charge >= 0.3 is 0 Å². The number of rotatable bonds is 4. The van der Waals surface area contributed by atoms with E-state index >= 15 is 0 Å². The van der Waals surface area contributed by atoms with E-state index in [1.807, 2.05) is 15.9 Å².